The molecule has 0 spiro atoms. The number of halogens is 1. The third kappa shape index (κ3) is 3.11. The molecule has 4 rings (SSSR count). The summed E-state index contributed by atoms with van der Waals surface area (Å²) in [6, 6.07) is 6.78. The summed E-state index contributed by atoms with van der Waals surface area (Å²) < 4.78 is 15.5. The van der Waals surface area contributed by atoms with E-state index in [-0.39, 0.29) is 17.8 Å². The Morgan fingerprint density at radius 3 is 3.00 bits per heavy atom. The van der Waals surface area contributed by atoms with Crippen LogP contribution in [0.15, 0.2) is 24.3 Å². The molecule has 1 aliphatic rings. The molecule has 2 aromatic heterocycles. The summed E-state index contributed by atoms with van der Waals surface area (Å²) in [4.78, 5) is 15.8. The van der Waals surface area contributed by atoms with E-state index in [2.05, 4.69) is 15.4 Å². The van der Waals surface area contributed by atoms with Gasteiger partial charge in [0, 0.05) is 35.3 Å². The Morgan fingerprint density at radius 2 is 2.23 bits per heavy atom. The van der Waals surface area contributed by atoms with Crippen molar-refractivity contribution in [2.45, 2.75) is 52.1 Å². The second kappa shape index (κ2) is 6.59. The smallest absolute Gasteiger partial charge is 0.222 e. The van der Waals surface area contributed by atoms with Crippen molar-refractivity contribution in [2.24, 2.45) is 0 Å². The molecule has 2 N–H and O–H groups in total. The number of aryl methyl sites for hydroxylation is 4. The van der Waals surface area contributed by atoms with E-state index in [0.29, 0.717) is 13.0 Å². The molecule has 0 radical (unpaired) electrons. The van der Waals surface area contributed by atoms with E-state index in [1.807, 2.05) is 24.6 Å². The molecule has 0 unspecified atom stereocenters. The van der Waals surface area contributed by atoms with E-state index < -0.39 is 0 Å². The van der Waals surface area contributed by atoms with Crippen LogP contribution in [-0.4, -0.2) is 20.7 Å². The van der Waals surface area contributed by atoms with Crippen LogP contribution in [0.2, 0.25) is 0 Å². The number of aromatic amines is 1. The van der Waals surface area contributed by atoms with Crippen molar-refractivity contribution in [3.05, 3.63) is 52.7 Å². The number of H-pyrrole nitrogens is 1. The van der Waals surface area contributed by atoms with Crippen LogP contribution >= 0.6 is 0 Å². The van der Waals surface area contributed by atoms with Crippen LogP contribution in [0.5, 0.6) is 0 Å². The fourth-order valence-electron chi connectivity index (χ4n) is 3.95. The van der Waals surface area contributed by atoms with Gasteiger partial charge in [-0.15, -0.1) is 0 Å². The Hall–Kier alpha value is -2.63. The van der Waals surface area contributed by atoms with Gasteiger partial charge in [0.05, 0.1) is 11.7 Å². The van der Waals surface area contributed by atoms with Gasteiger partial charge in [0.15, 0.2) is 0 Å². The van der Waals surface area contributed by atoms with Gasteiger partial charge in [0.2, 0.25) is 5.91 Å². The number of benzene rings is 1. The number of nitrogens with one attached hydrogen (secondary N) is 2. The lowest BCUT2D eigenvalue weighted by Crippen LogP contribution is -2.31. The monoisotopic (exact) mass is 354 g/mol. The largest absolute Gasteiger partial charge is 0.356 e. The highest BCUT2D eigenvalue weighted by Crippen LogP contribution is 2.35. The summed E-state index contributed by atoms with van der Waals surface area (Å²) in [7, 11) is 0. The molecule has 0 saturated carbocycles. The number of aromatic nitrogens is 3. The number of carbonyl (C=O) groups excluding carboxylic acids is 1. The minimum atomic E-state index is -0.227. The first-order chi connectivity index (χ1) is 12.5. The Balaban J connectivity index is 1.48. The van der Waals surface area contributed by atoms with E-state index in [4.69, 9.17) is 0 Å². The number of hydrogen-bond acceptors (Lipinski definition) is 2. The van der Waals surface area contributed by atoms with Crippen molar-refractivity contribution in [2.75, 3.05) is 0 Å². The SMILES string of the molecule is Cc1cc(C)n(CCC(=O)N[C@@H]2CCCc3c2[nH]c2ccc(F)cc32)n1. The van der Waals surface area contributed by atoms with Gasteiger partial charge >= 0.3 is 0 Å². The van der Waals surface area contributed by atoms with E-state index in [1.54, 1.807) is 12.1 Å². The molecule has 0 fully saturated rings. The highest BCUT2D eigenvalue weighted by molar-refractivity contribution is 5.85. The lowest BCUT2D eigenvalue weighted by Gasteiger charge is -2.24. The van der Waals surface area contributed by atoms with Crippen LogP contribution in [0.4, 0.5) is 4.39 Å². The molecule has 0 saturated heterocycles. The molecule has 1 aromatic carbocycles. The van der Waals surface area contributed by atoms with Crippen molar-refractivity contribution < 1.29 is 9.18 Å². The first kappa shape index (κ1) is 16.8. The maximum Gasteiger partial charge on any atom is 0.222 e. The molecule has 1 amide bonds. The maximum atomic E-state index is 13.6. The van der Waals surface area contributed by atoms with Crippen molar-refractivity contribution in [1.29, 1.82) is 0 Å². The number of carbonyl (C=O) groups is 1. The summed E-state index contributed by atoms with van der Waals surface area (Å²) >= 11 is 0. The zero-order chi connectivity index (χ0) is 18.3. The molecule has 5 nitrogen and oxygen atoms in total. The van der Waals surface area contributed by atoms with Gasteiger partial charge < -0.3 is 10.3 Å². The lowest BCUT2D eigenvalue weighted by atomic mass is 9.91. The average Bonchev–Trinajstić information content (AvgIpc) is 3.13. The Morgan fingerprint density at radius 1 is 1.38 bits per heavy atom. The molecule has 26 heavy (non-hydrogen) atoms. The van der Waals surface area contributed by atoms with Gasteiger partial charge in [0.1, 0.15) is 5.82 Å². The summed E-state index contributed by atoms with van der Waals surface area (Å²) in [6.07, 6.45) is 3.19. The normalized spacial score (nSPS) is 16.7. The van der Waals surface area contributed by atoms with Crippen LogP contribution in [0.1, 0.15) is 47.9 Å². The first-order valence-corrected chi connectivity index (χ1v) is 9.11. The predicted octanol–water partition coefficient (Wildman–Crippen LogP) is 3.70. The van der Waals surface area contributed by atoms with E-state index in [9.17, 15) is 9.18 Å². The fourth-order valence-corrected chi connectivity index (χ4v) is 3.95. The molecule has 0 aliphatic heterocycles. The number of hydrogen-bond donors (Lipinski definition) is 2. The van der Waals surface area contributed by atoms with Gasteiger partial charge in [-0.2, -0.15) is 5.10 Å². The zero-order valence-electron chi connectivity index (χ0n) is 15.1. The van der Waals surface area contributed by atoms with Crippen molar-refractivity contribution in [1.82, 2.24) is 20.1 Å². The van der Waals surface area contributed by atoms with Gasteiger partial charge in [-0.1, -0.05) is 0 Å². The summed E-state index contributed by atoms with van der Waals surface area (Å²) in [5.41, 5.74) is 5.11. The Kier molecular flexibility index (Phi) is 4.26. The maximum absolute atomic E-state index is 13.6. The number of fused-ring (bicyclic) bond motifs is 3. The molecule has 0 bridgehead atoms. The summed E-state index contributed by atoms with van der Waals surface area (Å²) in [5, 5.41) is 8.47. The minimum absolute atomic E-state index is 0.0141. The number of amides is 1. The van der Waals surface area contributed by atoms with Crippen LogP contribution in [0.25, 0.3) is 10.9 Å². The van der Waals surface area contributed by atoms with Crippen LogP contribution in [-0.2, 0) is 17.8 Å². The van der Waals surface area contributed by atoms with E-state index >= 15 is 0 Å². The second-order valence-corrected chi connectivity index (χ2v) is 7.12. The van der Waals surface area contributed by atoms with Gasteiger partial charge in [-0.3, -0.25) is 9.48 Å². The van der Waals surface area contributed by atoms with Crippen LogP contribution < -0.4 is 5.32 Å². The van der Waals surface area contributed by atoms with Gasteiger partial charge in [-0.05, 0) is 62.9 Å². The molecule has 6 heteroatoms. The van der Waals surface area contributed by atoms with Crippen LogP contribution in [0, 0.1) is 19.7 Å². The zero-order valence-corrected chi connectivity index (χ0v) is 15.1. The molecule has 1 aliphatic carbocycles. The molecule has 1 atom stereocenters. The molecular weight excluding hydrogens is 331 g/mol. The third-order valence-corrected chi connectivity index (χ3v) is 5.16. The van der Waals surface area contributed by atoms with E-state index in [0.717, 1.165) is 52.8 Å². The first-order valence-electron chi connectivity index (χ1n) is 9.11. The summed E-state index contributed by atoms with van der Waals surface area (Å²) in [6.45, 7) is 4.52. The molecule has 2 heterocycles. The molecular formula is C20H23FN4O. The Bertz CT molecular complexity index is 972. The Labute approximate surface area is 151 Å². The predicted molar refractivity (Wildman–Crippen MR) is 98.4 cm³/mol. The van der Waals surface area contributed by atoms with E-state index in [1.165, 1.54) is 6.07 Å². The molecule has 3 aromatic rings. The fraction of sp³-hybridized carbons (Fsp3) is 0.400. The number of rotatable bonds is 4. The van der Waals surface area contributed by atoms with Gasteiger partial charge in [0.25, 0.3) is 0 Å². The average molecular weight is 354 g/mol. The highest BCUT2D eigenvalue weighted by Gasteiger charge is 2.25. The quantitative estimate of drug-likeness (QED) is 0.750. The minimum Gasteiger partial charge on any atom is -0.356 e. The third-order valence-electron chi connectivity index (χ3n) is 5.16. The van der Waals surface area contributed by atoms with Crippen molar-refractivity contribution in [3.63, 3.8) is 0 Å². The topological polar surface area (TPSA) is 62.7 Å². The standard InChI is InChI=1S/C20H23FN4O/c1-12-10-13(2)25(24-12)9-8-19(26)22-18-5-3-4-15-16-11-14(21)6-7-17(16)23-20(15)18/h6-7,10-11,18,23H,3-5,8-9H2,1-2H3,(H,22,26)/t18-/m1/s1. The number of nitrogens with zero attached hydrogens (tertiary/aromatic N) is 2. The van der Waals surface area contributed by atoms with Gasteiger partial charge in [-0.25, -0.2) is 4.39 Å². The van der Waals surface area contributed by atoms with Crippen molar-refractivity contribution in [3.8, 4) is 0 Å². The highest BCUT2D eigenvalue weighted by atomic mass is 19.1. The summed E-state index contributed by atoms with van der Waals surface area (Å²) in [5.74, 6) is -0.212. The van der Waals surface area contributed by atoms with Crippen LogP contribution in [0.3, 0.4) is 0 Å². The lowest BCUT2D eigenvalue weighted by molar-refractivity contribution is -0.122. The molecule has 136 valence electrons. The second-order valence-electron chi connectivity index (χ2n) is 7.12. The van der Waals surface area contributed by atoms with Crippen molar-refractivity contribution >= 4 is 16.8 Å².